The number of rotatable bonds is 7. The van der Waals surface area contributed by atoms with E-state index in [2.05, 4.69) is 13.8 Å². The molecule has 0 saturated heterocycles. The van der Waals surface area contributed by atoms with Crippen molar-refractivity contribution in [2.45, 2.75) is 65.1 Å². The largest absolute Gasteiger partial charge is 0.493 e. The zero-order chi connectivity index (χ0) is 15.1. The van der Waals surface area contributed by atoms with Gasteiger partial charge in [-0.15, -0.1) is 0 Å². The van der Waals surface area contributed by atoms with E-state index in [1.165, 1.54) is 19.3 Å². The summed E-state index contributed by atoms with van der Waals surface area (Å²) >= 11 is 0. The molecular formula is C18H28O3. The van der Waals surface area contributed by atoms with Gasteiger partial charge in [0.15, 0.2) is 0 Å². The smallest absolute Gasteiger partial charge is 0.128 e. The predicted octanol–water partition coefficient (Wildman–Crippen LogP) is 4.32. The van der Waals surface area contributed by atoms with Crippen LogP contribution in [0.3, 0.4) is 0 Å². The van der Waals surface area contributed by atoms with Crippen molar-refractivity contribution in [3.05, 3.63) is 23.8 Å². The van der Waals surface area contributed by atoms with E-state index in [4.69, 9.17) is 9.47 Å². The van der Waals surface area contributed by atoms with E-state index in [1.807, 2.05) is 18.2 Å². The fraction of sp³-hybridized carbons (Fsp3) is 0.667. The van der Waals surface area contributed by atoms with E-state index in [1.54, 1.807) is 0 Å². The first-order valence-corrected chi connectivity index (χ1v) is 8.31. The molecule has 0 amide bonds. The molecular weight excluding hydrogens is 264 g/mol. The van der Waals surface area contributed by atoms with Crippen LogP contribution in [-0.2, 0) is 6.61 Å². The molecule has 2 unspecified atom stereocenters. The Hall–Kier alpha value is -1.22. The van der Waals surface area contributed by atoms with Gasteiger partial charge in [-0.2, -0.15) is 0 Å². The van der Waals surface area contributed by atoms with Crippen LogP contribution in [0.1, 0.15) is 57.9 Å². The van der Waals surface area contributed by atoms with Crippen molar-refractivity contribution in [2.24, 2.45) is 5.92 Å². The first kappa shape index (κ1) is 16.2. The summed E-state index contributed by atoms with van der Waals surface area (Å²) < 4.78 is 11.9. The molecule has 2 atom stereocenters. The zero-order valence-electron chi connectivity index (χ0n) is 13.3. The van der Waals surface area contributed by atoms with Gasteiger partial charge >= 0.3 is 0 Å². The molecule has 118 valence electrons. The van der Waals surface area contributed by atoms with E-state index in [0.717, 1.165) is 36.3 Å². The number of hydrogen-bond donors (Lipinski definition) is 1. The summed E-state index contributed by atoms with van der Waals surface area (Å²) in [6.07, 6.45) is 7.33. The van der Waals surface area contributed by atoms with E-state index in [0.29, 0.717) is 12.5 Å². The summed E-state index contributed by atoms with van der Waals surface area (Å²) in [4.78, 5) is 0. The monoisotopic (exact) mass is 292 g/mol. The van der Waals surface area contributed by atoms with Crippen LogP contribution in [0.5, 0.6) is 11.5 Å². The lowest BCUT2D eigenvalue weighted by Gasteiger charge is -2.32. The number of hydrogen-bond acceptors (Lipinski definition) is 3. The molecule has 0 heterocycles. The van der Waals surface area contributed by atoms with Crippen LogP contribution in [0, 0.1) is 5.92 Å². The Labute approximate surface area is 128 Å². The van der Waals surface area contributed by atoms with Crippen LogP contribution in [0.2, 0.25) is 0 Å². The molecule has 0 radical (unpaired) electrons. The third kappa shape index (κ3) is 4.37. The lowest BCUT2D eigenvalue weighted by molar-refractivity contribution is 0.0874. The van der Waals surface area contributed by atoms with Gasteiger partial charge in [-0.25, -0.2) is 0 Å². The lowest BCUT2D eigenvalue weighted by Crippen LogP contribution is -2.30. The second-order valence-corrected chi connectivity index (χ2v) is 5.89. The summed E-state index contributed by atoms with van der Waals surface area (Å²) in [5.41, 5.74) is 0.847. The van der Waals surface area contributed by atoms with Crippen molar-refractivity contribution in [1.29, 1.82) is 0 Å². The van der Waals surface area contributed by atoms with Crippen LogP contribution >= 0.6 is 0 Å². The van der Waals surface area contributed by atoms with Crippen LogP contribution < -0.4 is 9.47 Å². The Morgan fingerprint density at radius 3 is 2.71 bits per heavy atom. The Morgan fingerprint density at radius 2 is 2.00 bits per heavy atom. The van der Waals surface area contributed by atoms with Crippen molar-refractivity contribution >= 4 is 0 Å². The van der Waals surface area contributed by atoms with Gasteiger partial charge in [-0.1, -0.05) is 20.3 Å². The highest BCUT2D eigenvalue weighted by atomic mass is 16.5. The zero-order valence-corrected chi connectivity index (χ0v) is 13.3. The molecule has 1 N–H and O–H groups in total. The van der Waals surface area contributed by atoms with E-state index < -0.39 is 0 Å². The van der Waals surface area contributed by atoms with Crippen molar-refractivity contribution in [1.82, 2.24) is 0 Å². The van der Waals surface area contributed by atoms with Gasteiger partial charge in [0.1, 0.15) is 17.6 Å². The molecule has 3 nitrogen and oxygen atoms in total. The van der Waals surface area contributed by atoms with Crippen molar-refractivity contribution in [3.63, 3.8) is 0 Å². The first-order chi connectivity index (χ1) is 10.3. The number of ether oxygens (including phenoxy) is 2. The molecule has 0 aliphatic heterocycles. The maximum absolute atomic E-state index is 9.52. The Kier molecular flexibility index (Phi) is 6.37. The number of benzene rings is 1. The summed E-state index contributed by atoms with van der Waals surface area (Å²) in [5, 5.41) is 9.52. The van der Waals surface area contributed by atoms with E-state index in [-0.39, 0.29) is 12.7 Å². The number of aliphatic hydroxyl groups is 1. The molecule has 0 bridgehead atoms. The van der Waals surface area contributed by atoms with Gasteiger partial charge in [-0.3, -0.25) is 0 Å². The summed E-state index contributed by atoms with van der Waals surface area (Å²) in [6, 6.07) is 5.75. The second-order valence-electron chi connectivity index (χ2n) is 5.89. The highest BCUT2D eigenvalue weighted by Crippen LogP contribution is 2.33. The minimum atomic E-state index is 0.00685. The average molecular weight is 292 g/mol. The van der Waals surface area contributed by atoms with Gasteiger partial charge in [-0.05, 0) is 50.2 Å². The molecule has 1 aromatic rings. The molecule has 1 fully saturated rings. The maximum atomic E-state index is 9.52. The van der Waals surface area contributed by atoms with Crippen LogP contribution in [0.25, 0.3) is 0 Å². The highest BCUT2D eigenvalue weighted by Gasteiger charge is 2.26. The van der Waals surface area contributed by atoms with Crippen molar-refractivity contribution in [3.8, 4) is 11.5 Å². The van der Waals surface area contributed by atoms with Crippen LogP contribution in [0.15, 0.2) is 18.2 Å². The summed E-state index contributed by atoms with van der Waals surface area (Å²) in [7, 11) is 0. The van der Waals surface area contributed by atoms with Gasteiger partial charge in [0.2, 0.25) is 0 Å². The predicted molar refractivity (Wildman–Crippen MR) is 84.8 cm³/mol. The average Bonchev–Trinajstić information content (AvgIpc) is 2.53. The fourth-order valence-electron chi connectivity index (χ4n) is 3.04. The third-order valence-corrected chi connectivity index (χ3v) is 4.32. The summed E-state index contributed by atoms with van der Waals surface area (Å²) in [5.74, 6) is 2.25. The Balaban J connectivity index is 2.12. The minimum Gasteiger partial charge on any atom is -0.493 e. The molecule has 0 spiro atoms. The van der Waals surface area contributed by atoms with Crippen LogP contribution in [-0.4, -0.2) is 17.8 Å². The molecule has 2 rings (SSSR count). The first-order valence-electron chi connectivity index (χ1n) is 8.31. The molecule has 1 saturated carbocycles. The molecule has 3 heteroatoms. The molecule has 1 aliphatic carbocycles. The highest BCUT2D eigenvalue weighted by molar-refractivity contribution is 5.40. The molecule has 21 heavy (non-hydrogen) atoms. The van der Waals surface area contributed by atoms with Gasteiger partial charge in [0, 0.05) is 11.6 Å². The van der Waals surface area contributed by atoms with E-state index >= 15 is 0 Å². The SMILES string of the molecule is CCCOc1ccc(CO)c(OC2CCCCC2CC)c1. The Morgan fingerprint density at radius 1 is 1.19 bits per heavy atom. The quantitative estimate of drug-likeness (QED) is 0.813. The summed E-state index contributed by atoms with van der Waals surface area (Å²) in [6.45, 7) is 5.04. The molecule has 1 aliphatic rings. The van der Waals surface area contributed by atoms with E-state index in [9.17, 15) is 5.11 Å². The van der Waals surface area contributed by atoms with Crippen molar-refractivity contribution in [2.75, 3.05) is 6.61 Å². The van der Waals surface area contributed by atoms with Gasteiger partial charge in [0.05, 0.1) is 13.2 Å². The van der Waals surface area contributed by atoms with Crippen molar-refractivity contribution < 1.29 is 14.6 Å². The van der Waals surface area contributed by atoms with Crippen LogP contribution in [0.4, 0.5) is 0 Å². The second kappa shape index (κ2) is 8.28. The topological polar surface area (TPSA) is 38.7 Å². The minimum absolute atomic E-state index is 0.00685. The Bertz CT molecular complexity index is 430. The third-order valence-electron chi connectivity index (χ3n) is 4.32. The molecule has 1 aromatic carbocycles. The standard InChI is InChI=1S/C18H28O3/c1-3-11-20-16-10-9-15(13-19)18(12-16)21-17-8-6-5-7-14(17)4-2/h9-10,12,14,17,19H,3-8,11,13H2,1-2H3. The molecule has 0 aromatic heterocycles. The van der Waals surface area contributed by atoms with Gasteiger partial charge < -0.3 is 14.6 Å². The normalized spacial score (nSPS) is 22.0. The lowest BCUT2D eigenvalue weighted by atomic mass is 9.84. The fourth-order valence-corrected chi connectivity index (χ4v) is 3.04. The van der Waals surface area contributed by atoms with Gasteiger partial charge in [0.25, 0.3) is 0 Å². The maximum Gasteiger partial charge on any atom is 0.128 e. The number of aliphatic hydroxyl groups excluding tert-OH is 1.